The second-order valence-corrected chi connectivity index (χ2v) is 7.36. The van der Waals surface area contributed by atoms with Gasteiger partial charge in [0.05, 0.1) is 22.3 Å². The van der Waals surface area contributed by atoms with Crippen molar-refractivity contribution >= 4 is 185 Å². The molecule has 5 aromatic carbocycles. The molecule has 0 heterocycles. The summed E-state index contributed by atoms with van der Waals surface area (Å²) in [5, 5.41) is 41.7. The molecule has 0 amide bonds. The molecule has 0 aromatic heterocycles. The van der Waals surface area contributed by atoms with Crippen molar-refractivity contribution in [2.24, 2.45) is 0 Å². The normalized spacial score (nSPS) is 10.2. The predicted molar refractivity (Wildman–Crippen MR) is 144 cm³/mol. The molecule has 0 bridgehead atoms. The van der Waals surface area contributed by atoms with Crippen molar-refractivity contribution in [1.82, 2.24) is 0 Å². The standard InChI is InChI=1S/C24H12O8.4Na.4H/c25-21(26)13-5-1-9-10-2-6-15(23(29)30)20-16(24(31)32)8-4-12(18(10)20)11-3-7-14(22(27)28)19(13)17(9)11;;;;;;;;/h1-8H,(H,25,26)(H,27,28)(H,29,30)(H,31,32);;;;;;;;. The third-order valence-electron chi connectivity index (χ3n) is 5.82. The van der Waals surface area contributed by atoms with Gasteiger partial charge < -0.3 is 20.4 Å². The Bertz CT molecular complexity index is 1460. The minimum absolute atomic E-state index is 0. The molecule has 0 fully saturated rings. The van der Waals surface area contributed by atoms with Gasteiger partial charge in [-0.3, -0.25) is 0 Å². The summed E-state index contributed by atoms with van der Waals surface area (Å²) in [6.45, 7) is 0. The maximum absolute atomic E-state index is 11.9. The predicted octanol–water partition coefficient (Wildman–Crippen LogP) is 1.94. The summed E-state index contributed by atoms with van der Waals surface area (Å²) in [7, 11) is 0. The van der Waals surface area contributed by atoms with Crippen LogP contribution in [0, 0.1) is 0 Å². The molecule has 0 aliphatic carbocycles. The summed E-state index contributed by atoms with van der Waals surface area (Å²) in [6, 6.07) is 11.4. The SMILES string of the molecule is O=C(O)c1ccc2c3ccc(C(=O)O)c4c(C(=O)O)ccc(c5ccc(C(=O)O)c1c25)c43.[NaH].[NaH].[NaH].[NaH]. The quantitative estimate of drug-likeness (QED) is 0.158. The Kier molecular flexibility index (Phi) is 11.5. The van der Waals surface area contributed by atoms with Gasteiger partial charge in [-0.25, -0.2) is 19.2 Å². The van der Waals surface area contributed by atoms with E-state index in [1.807, 2.05) is 0 Å². The van der Waals surface area contributed by atoms with Crippen LogP contribution in [-0.4, -0.2) is 163 Å². The Morgan fingerprint density at radius 3 is 0.722 bits per heavy atom. The van der Waals surface area contributed by atoms with Gasteiger partial charge in [0.25, 0.3) is 0 Å². The van der Waals surface area contributed by atoms with Crippen LogP contribution in [0.5, 0.6) is 0 Å². The second-order valence-electron chi connectivity index (χ2n) is 7.36. The number of hydrogen-bond acceptors (Lipinski definition) is 4. The van der Waals surface area contributed by atoms with Crippen molar-refractivity contribution in [1.29, 1.82) is 0 Å². The minimum atomic E-state index is -1.28. The number of fused-ring (bicyclic) bond motifs is 2. The van der Waals surface area contributed by atoms with E-state index in [-0.39, 0.29) is 151 Å². The van der Waals surface area contributed by atoms with Crippen molar-refractivity contribution in [3.63, 3.8) is 0 Å². The number of aromatic carboxylic acids is 4. The van der Waals surface area contributed by atoms with Gasteiger partial charge in [-0.1, -0.05) is 24.3 Å². The van der Waals surface area contributed by atoms with Crippen molar-refractivity contribution in [2.45, 2.75) is 0 Å². The average molecular weight is 524 g/mol. The van der Waals surface area contributed by atoms with Gasteiger partial charge in [-0.2, -0.15) is 0 Å². The van der Waals surface area contributed by atoms with Crippen molar-refractivity contribution in [3.8, 4) is 0 Å². The molecule has 5 aromatic rings. The molecule has 5 rings (SSSR count). The van der Waals surface area contributed by atoms with Gasteiger partial charge in [0.15, 0.2) is 0 Å². The Labute approximate surface area is 291 Å². The number of hydrogen-bond donors (Lipinski definition) is 4. The Hall–Kier alpha value is -0.720. The van der Waals surface area contributed by atoms with Crippen LogP contribution in [-0.2, 0) is 0 Å². The van der Waals surface area contributed by atoms with Crippen LogP contribution in [0.25, 0.3) is 43.1 Å². The summed E-state index contributed by atoms with van der Waals surface area (Å²) in [4.78, 5) is 47.5. The molecule has 8 nitrogen and oxygen atoms in total. The molecule has 0 saturated heterocycles. The van der Waals surface area contributed by atoms with Crippen molar-refractivity contribution < 1.29 is 39.6 Å². The van der Waals surface area contributed by atoms with Crippen LogP contribution in [0.1, 0.15) is 41.4 Å². The van der Waals surface area contributed by atoms with Crippen molar-refractivity contribution in [3.05, 3.63) is 70.8 Å². The van der Waals surface area contributed by atoms with Crippen LogP contribution in [0.4, 0.5) is 0 Å². The van der Waals surface area contributed by atoms with E-state index in [9.17, 15) is 39.6 Å². The molecule has 36 heavy (non-hydrogen) atoms. The molecule has 0 unspecified atom stereocenters. The number of carboxylic acid groups (broad SMARTS) is 4. The average Bonchev–Trinajstić information content (AvgIpc) is 2.75. The molecule has 0 radical (unpaired) electrons. The molecule has 12 heteroatoms. The first-order chi connectivity index (χ1) is 15.2. The Morgan fingerprint density at radius 2 is 0.556 bits per heavy atom. The molecular formula is C24H16Na4O8. The fourth-order valence-corrected chi connectivity index (χ4v) is 4.60. The van der Waals surface area contributed by atoms with E-state index in [1.165, 1.54) is 48.5 Å². The zero-order valence-corrected chi connectivity index (χ0v) is 16.0. The van der Waals surface area contributed by atoms with E-state index < -0.39 is 23.9 Å². The monoisotopic (exact) mass is 524 g/mol. The van der Waals surface area contributed by atoms with Gasteiger partial charge in [0.2, 0.25) is 0 Å². The van der Waals surface area contributed by atoms with Crippen molar-refractivity contribution in [2.75, 3.05) is 0 Å². The van der Waals surface area contributed by atoms with E-state index in [1.54, 1.807) is 0 Å². The molecule has 0 saturated carbocycles. The van der Waals surface area contributed by atoms with Crippen LogP contribution >= 0.6 is 0 Å². The molecular weight excluding hydrogens is 508 g/mol. The molecule has 0 spiro atoms. The summed E-state index contributed by atoms with van der Waals surface area (Å²) in [5.41, 5.74) is -0.696. The number of carboxylic acids is 4. The summed E-state index contributed by atoms with van der Waals surface area (Å²) >= 11 is 0. The first kappa shape index (κ1) is 33.3. The van der Waals surface area contributed by atoms with Gasteiger partial charge in [0.1, 0.15) is 0 Å². The third kappa shape index (κ3) is 5.00. The third-order valence-corrected chi connectivity index (χ3v) is 5.82. The number of benzene rings is 5. The van der Waals surface area contributed by atoms with E-state index in [0.29, 0.717) is 32.3 Å². The van der Waals surface area contributed by atoms with E-state index >= 15 is 0 Å². The van der Waals surface area contributed by atoms with Crippen LogP contribution < -0.4 is 0 Å². The first-order valence-corrected chi connectivity index (χ1v) is 9.35. The fraction of sp³-hybridized carbons (Fsp3) is 0. The Balaban J connectivity index is 0.00000162. The zero-order chi connectivity index (χ0) is 22.9. The van der Waals surface area contributed by atoms with Crippen LogP contribution in [0.3, 0.4) is 0 Å². The molecule has 4 N–H and O–H groups in total. The summed E-state index contributed by atoms with van der Waals surface area (Å²) in [6.07, 6.45) is 0. The van der Waals surface area contributed by atoms with Gasteiger partial charge in [-0.15, -0.1) is 0 Å². The van der Waals surface area contributed by atoms with E-state index in [0.717, 1.165) is 0 Å². The second kappa shape index (κ2) is 12.4. The zero-order valence-electron chi connectivity index (χ0n) is 16.0. The van der Waals surface area contributed by atoms with Crippen LogP contribution in [0.2, 0.25) is 0 Å². The van der Waals surface area contributed by atoms with E-state index in [4.69, 9.17) is 0 Å². The van der Waals surface area contributed by atoms with Crippen LogP contribution in [0.15, 0.2) is 48.5 Å². The summed E-state index contributed by atoms with van der Waals surface area (Å²) in [5.74, 6) is -5.13. The summed E-state index contributed by atoms with van der Waals surface area (Å²) < 4.78 is 0. The first-order valence-electron chi connectivity index (χ1n) is 9.35. The Morgan fingerprint density at radius 1 is 0.361 bits per heavy atom. The molecule has 0 atom stereocenters. The number of rotatable bonds is 4. The molecule has 0 aliphatic rings. The maximum atomic E-state index is 11.9. The van der Waals surface area contributed by atoms with Gasteiger partial charge in [0, 0.05) is 10.8 Å². The molecule has 0 aliphatic heterocycles. The fourth-order valence-electron chi connectivity index (χ4n) is 4.60. The van der Waals surface area contributed by atoms with Gasteiger partial charge >= 0.3 is 142 Å². The van der Waals surface area contributed by atoms with E-state index in [2.05, 4.69) is 0 Å². The topological polar surface area (TPSA) is 149 Å². The van der Waals surface area contributed by atoms with Gasteiger partial charge in [-0.05, 0) is 56.6 Å². The number of carbonyl (C=O) groups is 4. The molecule has 164 valence electrons.